The minimum Gasteiger partial charge on any atom is -0.497 e. The molecule has 5 rings (SSSR count). The molecule has 1 aromatic rings. The minimum atomic E-state index is -0.539. The van der Waals surface area contributed by atoms with Crippen LogP contribution < -0.4 is 5.32 Å². The molecule has 0 radical (unpaired) electrons. The lowest BCUT2D eigenvalue weighted by molar-refractivity contribution is 0.0995. The van der Waals surface area contributed by atoms with Crippen LogP contribution >= 0.6 is 11.6 Å². The average Bonchev–Trinajstić information content (AvgIpc) is 3.30. The molecular weight excluding hydrogens is 493 g/mol. The SMILES string of the molecule is CCN1CCC2CCN(CCCOC3=C(OC)CC4(C)N=CN=C(Nc5ccc(F)c(Cl)c5)C4=C3)C2C1. The summed E-state index contributed by atoms with van der Waals surface area (Å²) in [5.41, 5.74) is 1.01. The van der Waals surface area contributed by atoms with E-state index in [2.05, 4.69) is 32.0 Å². The Balaban J connectivity index is 1.24. The van der Waals surface area contributed by atoms with Crippen molar-refractivity contribution >= 4 is 29.5 Å². The van der Waals surface area contributed by atoms with Crippen LogP contribution in [0, 0.1) is 11.7 Å². The molecule has 3 heterocycles. The third-order valence-corrected chi connectivity index (χ3v) is 8.49. The molecule has 9 heteroatoms. The Bertz CT molecular complexity index is 1140. The van der Waals surface area contributed by atoms with Crippen molar-refractivity contribution in [1.82, 2.24) is 9.80 Å². The molecule has 200 valence electrons. The van der Waals surface area contributed by atoms with Crippen LogP contribution in [0.25, 0.3) is 0 Å². The van der Waals surface area contributed by atoms with Gasteiger partial charge < -0.3 is 19.7 Å². The number of fused-ring (bicyclic) bond motifs is 2. The number of hydrogen-bond acceptors (Lipinski definition) is 7. The topological polar surface area (TPSA) is 61.7 Å². The number of anilines is 1. The Kier molecular flexibility index (Phi) is 7.88. The zero-order valence-electron chi connectivity index (χ0n) is 22.0. The van der Waals surface area contributed by atoms with E-state index in [-0.39, 0.29) is 5.02 Å². The smallest absolute Gasteiger partial charge is 0.157 e. The third kappa shape index (κ3) is 5.56. The molecule has 2 fully saturated rings. The summed E-state index contributed by atoms with van der Waals surface area (Å²) < 4.78 is 25.7. The number of methoxy groups -OCH3 is 1. The lowest BCUT2D eigenvalue weighted by Gasteiger charge is -2.38. The van der Waals surface area contributed by atoms with Gasteiger partial charge in [-0.3, -0.25) is 9.89 Å². The summed E-state index contributed by atoms with van der Waals surface area (Å²) in [5.74, 6) is 2.52. The summed E-state index contributed by atoms with van der Waals surface area (Å²) in [6.07, 6.45) is 7.70. The number of rotatable bonds is 8. The average molecular weight is 530 g/mol. The zero-order chi connectivity index (χ0) is 26.0. The Morgan fingerprint density at radius 1 is 1.27 bits per heavy atom. The number of benzene rings is 1. The van der Waals surface area contributed by atoms with Crippen LogP contribution in [0.15, 0.2) is 51.4 Å². The summed E-state index contributed by atoms with van der Waals surface area (Å²) in [6, 6.07) is 5.21. The summed E-state index contributed by atoms with van der Waals surface area (Å²) in [5, 5.41) is 3.33. The van der Waals surface area contributed by atoms with Gasteiger partial charge in [-0.2, -0.15) is 0 Å². The monoisotopic (exact) mass is 529 g/mol. The lowest BCUT2D eigenvalue weighted by atomic mass is 9.82. The molecule has 0 bridgehead atoms. The molecule has 0 spiro atoms. The van der Waals surface area contributed by atoms with Gasteiger partial charge in [-0.25, -0.2) is 9.38 Å². The summed E-state index contributed by atoms with van der Waals surface area (Å²) in [6.45, 7) is 10.7. The van der Waals surface area contributed by atoms with Gasteiger partial charge in [0.15, 0.2) is 5.76 Å². The van der Waals surface area contributed by atoms with E-state index in [0.29, 0.717) is 36.4 Å². The Morgan fingerprint density at radius 3 is 2.89 bits per heavy atom. The number of nitrogens with zero attached hydrogens (tertiary/aromatic N) is 4. The quantitative estimate of drug-likeness (QED) is 0.475. The first-order valence-electron chi connectivity index (χ1n) is 13.3. The number of ether oxygens (including phenoxy) is 2. The number of likely N-dealkylation sites (tertiary alicyclic amines) is 2. The van der Waals surface area contributed by atoms with E-state index in [4.69, 9.17) is 21.1 Å². The number of aliphatic imine (C=N–C) groups is 2. The maximum atomic E-state index is 13.6. The molecule has 1 N–H and O–H groups in total. The van der Waals surface area contributed by atoms with Crippen LogP contribution in [0.2, 0.25) is 5.02 Å². The number of amidine groups is 1. The number of likely N-dealkylation sites (N-methyl/N-ethyl adjacent to an activating group) is 1. The molecule has 2 saturated heterocycles. The van der Waals surface area contributed by atoms with Crippen molar-refractivity contribution in [2.75, 3.05) is 51.8 Å². The number of piperidine rings is 1. The number of halogens is 2. The number of nitrogens with one attached hydrogen (secondary N) is 1. The standard InChI is InChI=1S/C28H37ClFN5O2/c1-4-34-11-8-19-9-12-35(24(19)17-34)10-5-13-37-25-15-21-27(33-20-6-7-23(30)22(29)14-20)31-18-32-28(21,2)16-26(25)36-3/h6-7,14-15,18-19,24H,4-5,8-13,16-17H2,1-3H3,(H,31,32,33). The molecule has 0 amide bonds. The molecule has 1 aliphatic carbocycles. The fourth-order valence-electron chi connectivity index (χ4n) is 6.00. The summed E-state index contributed by atoms with van der Waals surface area (Å²) in [4.78, 5) is 14.4. The molecule has 3 aliphatic heterocycles. The highest BCUT2D eigenvalue weighted by atomic mass is 35.5. The number of hydrogen-bond donors (Lipinski definition) is 1. The first-order chi connectivity index (χ1) is 17.9. The molecule has 4 aliphatic rings. The maximum absolute atomic E-state index is 13.6. The number of allylic oxidation sites excluding steroid dienone is 1. The van der Waals surface area contributed by atoms with Crippen LogP contribution in [0.1, 0.15) is 39.5 Å². The Morgan fingerprint density at radius 2 is 2.11 bits per heavy atom. The zero-order valence-corrected chi connectivity index (χ0v) is 22.7. The van der Waals surface area contributed by atoms with Gasteiger partial charge in [-0.05, 0) is 76.0 Å². The molecule has 3 atom stereocenters. The Labute approximate surface area is 224 Å². The fraction of sp³-hybridized carbons (Fsp3) is 0.571. The van der Waals surface area contributed by atoms with Gasteiger partial charge in [0.2, 0.25) is 0 Å². The highest BCUT2D eigenvalue weighted by Crippen LogP contribution is 2.39. The lowest BCUT2D eigenvalue weighted by Crippen LogP contribution is -2.48. The van der Waals surface area contributed by atoms with Gasteiger partial charge in [0.25, 0.3) is 0 Å². The second kappa shape index (κ2) is 11.1. The van der Waals surface area contributed by atoms with E-state index in [1.54, 1.807) is 25.6 Å². The molecule has 0 aromatic heterocycles. The van der Waals surface area contributed by atoms with Crippen molar-refractivity contribution in [3.8, 4) is 0 Å². The molecule has 0 saturated carbocycles. The first kappa shape index (κ1) is 26.2. The normalized spacial score (nSPS) is 27.9. The molecule has 3 unspecified atom stereocenters. The molecule has 7 nitrogen and oxygen atoms in total. The second-order valence-electron chi connectivity index (χ2n) is 10.5. The van der Waals surface area contributed by atoms with Crippen LogP contribution in [-0.4, -0.2) is 80.0 Å². The minimum absolute atomic E-state index is 0.0565. The fourth-order valence-corrected chi connectivity index (χ4v) is 6.18. The largest absolute Gasteiger partial charge is 0.497 e. The van der Waals surface area contributed by atoms with Gasteiger partial charge >= 0.3 is 0 Å². The highest BCUT2D eigenvalue weighted by molar-refractivity contribution is 6.31. The van der Waals surface area contributed by atoms with Gasteiger partial charge in [0.1, 0.15) is 23.8 Å². The highest BCUT2D eigenvalue weighted by Gasteiger charge is 2.40. The van der Waals surface area contributed by atoms with Crippen molar-refractivity contribution in [2.45, 2.75) is 51.1 Å². The van der Waals surface area contributed by atoms with Crippen molar-refractivity contribution in [2.24, 2.45) is 15.9 Å². The van der Waals surface area contributed by atoms with Gasteiger partial charge in [-0.1, -0.05) is 18.5 Å². The van der Waals surface area contributed by atoms with E-state index in [1.165, 1.54) is 38.5 Å². The van der Waals surface area contributed by atoms with E-state index in [9.17, 15) is 4.39 Å². The van der Waals surface area contributed by atoms with Crippen molar-refractivity contribution in [3.05, 3.63) is 52.2 Å². The van der Waals surface area contributed by atoms with Crippen LogP contribution in [-0.2, 0) is 9.47 Å². The van der Waals surface area contributed by atoms with E-state index >= 15 is 0 Å². The van der Waals surface area contributed by atoms with Crippen molar-refractivity contribution in [1.29, 1.82) is 0 Å². The predicted octanol–water partition coefficient (Wildman–Crippen LogP) is 5.10. The van der Waals surface area contributed by atoms with Gasteiger partial charge in [0, 0.05) is 36.8 Å². The van der Waals surface area contributed by atoms with E-state index < -0.39 is 11.4 Å². The van der Waals surface area contributed by atoms with Gasteiger partial charge in [0.05, 0.1) is 24.3 Å². The second-order valence-corrected chi connectivity index (χ2v) is 10.9. The predicted molar refractivity (Wildman–Crippen MR) is 147 cm³/mol. The van der Waals surface area contributed by atoms with Crippen molar-refractivity contribution in [3.63, 3.8) is 0 Å². The van der Waals surface area contributed by atoms with Crippen LogP contribution in [0.3, 0.4) is 0 Å². The van der Waals surface area contributed by atoms with E-state index in [1.807, 2.05) is 13.0 Å². The molecule has 1 aromatic carbocycles. The van der Waals surface area contributed by atoms with Gasteiger partial charge in [-0.15, -0.1) is 0 Å². The van der Waals surface area contributed by atoms with Crippen LogP contribution in [0.4, 0.5) is 10.1 Å². The summed E-state index contributed by atoms with van der Waals surface area (Å²) >= 11 is 5.98. The molecular formula is C28H37ClFN5O2. The Hall–Kier alpha value is -2.42. The maximum Gasteiger partial charge on any atom is 0.157 e. The molecule has 37 heavy (non-hydrogen) atoms. The third-order valence-electron chi connectivity index (χ3n) is 8.20. The summed E-state index contributed by atoms with van der Waals surface area (Å²) in [7, 11) is 1.67. The van der Waals surface area contributed by atoms with E-state index in [0.717, 1.165) is 36.8 Å². The van der Waals surface area contributed by atoms with Crippen LogP contribution in [0.5, 0.6) is 0 Å². The van der Waals surface area contributed by atoms with Crippen molar-refractivity contribution < 1.29 is 13.9 Å². The first-order valence-corrected chi connectivity index (χ1v) is 13.7.